The lowest BCUT2D eigenvalue weighted by molar-refractivity contribution is 0.122. The molecular weight excluding hydrogens is 488 g/mol. The van der Waals surface area contributed by atoms with Crippen molar-refractivity contribution in [3.8, 4) is 11.3 Å². The highest BCUT2D eigenvalue weighted by Gasteiger charge is 2.22. The van der Waals surface area contributed by atoms with Crippen molar-refractivity contribution >= 4 is 34.9 Å². The Balaban J connectivity index is 1.26. The zero-order valence-corrected chi connectivity index (χ0v) is 21.5. The highest BCUT2D eigenvalue weighted by Crippen LogP contribution is 2.52. The number of anilines is 2. The van der Waals surface area contributed by atoms with Gasteiger partial charge in [-0.05, 0) is 48.9 Å². The van der Waals surface area contributed by atoms with Crippen molar-refractivity contribution in [1.82, 2.24) is 9.97 Å². The van der Waals surface area contributed by atoms with E-state index in [0.717, 1.165) is 53.5 Å². The Morgan fingerprint density at radius 1 is 1.00 bits per heavy atom. The number of ether oxygens (including phenoxy) is 1. The Kier molecular flexibility index (Phi) is 6.48. The van der Waals surface area contributed by atoms with Gasteiger partial charge in [0.1, 0.15) is 0 Å². The molecule has 0 amide bonds. The molecule has 182 valence electrons. The second-order valence-electron chi connectivity index (χ2n) is 8.88. The third-order valence-corrected chi connectivity index (χ3v) is 8.92. The summed E-state index contributed by atoms with van der Waals surface area (Å²) < 4.78 is 5.48. The van der Waals surface area contributed by atoms with E-state index in [4.69, 9.17) is 4.74 Å². The maximum Gasteiger partial charge on any atom is 0.250 e. The summed E-state index contributed by atoms with van der Waals surface area (Å²) >= 11 is 3.54. The third kappa shape index (κ3) is 4.89. The normalized spacial score (nSPS) is 14.8. The van der Waals surface area contributed by atoms with Crippen LogP contribution in [0.2, 0.25) is 0 Å². The number of morpholine rings is 1. The molecule has 6 rings (SSSR count). The Morgan fingerprint density at radius 3 is 2.72 bits per heavy atom. The molecule has 2 aliphatic rings. The predicted molar refractivity (Wildman–Crippen MR) is 147 cm³/mol. The van der Waals surface area contributed by atoms with Gasteiger partial charge in [0.25, 0.3) is 0 Å². The van der Waals surface area contributed by atoms with E-state index in [0.29, 0.717) is 13.2 Å². The largest absolute Gasteiger partial charge is 0.381 e. The summed E-state index contributed by atoms with van der Waals surface area (Å²) in [6.45, 7) is 5.69. The second kappa shape index (κ2) is 10.0. The van der Waals surface area contributed by atoms with Crippen molar-refractivity contribution in [2.45, 2.75) is 33.1 Å². The number of nitrogens with zero attached hydrogens (tertiary/aromatic N) is 2. The summed E-state index contributed by atoms with van der Waals surface area (Å²) in [5, 5.41) is 3.52. The lowest BCUT2D eigenvalue weighted by Crippen LogP contribution is -2.36. The first-order valence-corrected chi connectivity index (χ1v) is 13.6. The number of aromatic amines is 1. The van der Waals surface area contributed by atoms with Crippen LogP contribution in [0, 0.1) is 6.92 Å². The SMILES string of the molecule is Cc1ccc(CNc2ccc3c(c2)Sc2cccc(-c4cc(N5CCOCC5)cc(=O)[nH]4)c2S3)cn1. The first kappa shape index (κ1) is 23.2. The molecule has 4 aromatic rings. The van der Waals surface area contributed by atoms with Gasteiger partial charge in [0.2, 0.25) is 5.56 Å². The van der Waals surface area contributed by atoms with Crippen LogP contribution in [0.15, 0.2) is 91.2 Å². The van der Waals surface area contributed by atoms with Gasteiger partial charge in [-0.1, -0.05) is 41.7 Å². The number of aryl methyl sites for hydroxylation is 1. The van der Waals surface area contributed by atoms with Crippen LogP contribution in [0.4, 0.5) is 11.4 Å². The van der Waals surface area contributed by atoms with E-state index in [1.807, 2.05) is 19.2 Å². The number of hydrogen-bond acceptors (Lipinski definition) is 7. The quantitative estimate of drug-likeness (QED) is 0.307. The summed E-state index contributed by atoms with van der Waals surface area (Å²) in [4.78, 5) is 27.1. The molecule has 6 nitrogen and oxygen atoms in total. The minimum Gasteiger partial charge on any atom is -0.381 e. The monoisotopic (exact) mass is 514 g/mol. The Hall–Kier alpha value is -3.20. The molecule has 2 N–H and O–H groups in total. The van der Waals surface area contributed by atoms with E-state index in [1.54, 1.807) is 29.6 Å². The first-order valence-electron chi connectivity index (χ1n) is 12.0. The molecule has 36 heavy (non-hydrogen) atoms. The standard InChI is InChI=1S/C28H26N4O2S2/c1-18-5-6-19(16-29-18)17-30-20-7-8-24-26(13-20)35-25-4-2-3-22(28(25)36-24)23-14-21(15-27(33)31-23)32-9-11-34-12-10-32/h2-8,13-16,30H,9-12,17H2,1H3,(H,31,33). The molecule has 0 atom stereocenters. The predicted octanol–water partition coefficient (Wildman–Crippen LogP) is 5.81. The molecule has 0 bridgehead atoms. The van der Waals surface area contributed by atoms with Crippen LogP contribution in [-0.4, -0.2) is 36.3 Å². The fraction of sp³-hybridized carbons (Fsp3) is 0.214. The van der Waals surface area contributed by atoms with Gasteiger partial charge in [-0.3, -0.25) is 9.78 Å². The molecule has 0 unspecified atom stereocenters. The number of pyridine rings is 2. The van der Waals surface area contributed by atoms with Crippen LogP contribution < -0.4 is 15.8 Å². The van der Waals surface area contributed by atoms with Crippen LogP contribution >= 0.6 is 23.5 Å². The molecule has 0 saturated carbocycles. The Morgan fingerprint density at radius 2 is 1.89 bits per heavy atom. The van der Waals surface area contributed by atoms with Crippen molar-refractivity contribution in [3.63, 3.8) is 0 Å². The van der Waals surface area contributed by atoms with E-state index >= 15 is 0 Å². The highest BCUT2D eigenvalue weighted by atomic mass is 32.2. The van der Waals surface area contributed by atoms with Crippen LogP contribution in [0.5, 0.6) is 0 Å². The molecule has 8 heteroatoms. The number of fused-ring (bicyclic) bond motifs is 2. The van der Waals surface area contributed by atoms with Crippen molar-refractivity contribution in [3.05, 3.63) is 88.5 Å². The van der Waals surface area contributed by atoms with Gasteiger partial charge < -0.3 is 19.9 Å². The number of hydrogen-bond donors (Lipinski definition) is 2. The minimum absolute atomic E-state index is 0.0834. The summed E-state index contributed by atoms with van der Waals surface area (Å²) in [7, 11) is 0. The minimum atomic E-state index is -0.0834. The number of benzene rings is 2. The molecule has 2 aromatic heterocycles. The molecule has 0 spiro atoms. The summed E-state index contributed by atoms with van der Waals surface area (Å²) in [6, 6.07) is 20.8. The van der Waals surface area contributed by atoms with Crippen molar-refractivity contribution in [2.24, 2.45) is 0 Å². The van der Waals surface area contributed by atoms with Crippen LogP contribution in [0.1, 0.15) is 11.3 Å². The zero-order chi connectivity index (χ0) is 24.5. The van der Waals surface area contributed by atoms with Crippen LogP contribution in [0.25, 0.3) is 11.3 Å². The van der Waals surface area contributed by atoms with Gasteiger partial charge in [0.15, 0.2) is 0 Å². The first-order chi connectivity index (χ1) is 17.6. The van der Waals surface area contributed by atoms with E-state index in [9.17, 15) is 4.79 Å². The lowest BCUT2D eigenvalue weighted by atomic mass is 10.1. The number of H-pyrrole nitrogens is 1. The van der Waals surface area contributed by atoms with E-state index in [2.05, 4.69) is 68.7 Å². The van der Waals surface area contributed by atoms with Gasteiger partial charge in [-0.25, -0.2) is 0 Å². The van der Waals surface area contributed by atoms with Gasteiger partial charge in [0, 0.05) is 74.1 Å². The fourth-order valence-electron chi connectivity index (χ4n) is 4.41. The Labute approximate surface area is 218 Å². The van der Waals surface area contributed by atoms with Crippen molar-refractivity contribution < 1.29 is 4.74 Å². The highest BCUT2D eigenvalue weighted by molar-refractivity contribution is 8.05. The molecular formula is C28H26N4O2S2. The number of aromatic nitrogens is 2. The molecule has 1 fully saturated rings. The molecule has 0 radical (unpaired) electrons. The number of rotatable bonds is 5. The number of nitrogens with one attached hydrogen (secondary N) is 2. The Bertz CT molecular complexity index is 1460. The maximum absolute atomic E-state index is 12.6. The third-order valence-electron chi connectivity index (χ3n) is 6.32. The summed E-state index contributed by atoms with van der Waals surface area (Å²) in [5.74, 6) is 0. The topological polar surface area (TPSA) is 70.2 Å². The van der Waals surface area contributed by atoms with E-state index < -0.39 is 0 Å². The van der Waals surface area contributed by atoms with E-state index in [-0.39, 0.29) is 5.56 Å². The van der Waals surface area contributed by atoms with Gasteiger partial charge >= 0.3 is 0 Å². The van der Waals surface area contributed by atoms with E-state index in [1.165, 1.54) is 19.6 Å². The van der Waals surface area contributed by atoms with Gasteiger partial charge in [-0.15, -0.1) is 0 Å². The average molecular weight is 515 g/mol. The summed E-state index contributed by atoms with van der Waals surface area (Å²) in [5.41, 5.74) is 6.03. The zero-order valence-electron chi connectivity index (χ0n) is 19.9. The molecule has 2 aliphatic heterocycles. The van der Waals surface area contributed by atoms with Crippen molar-refractivity contribution in [2.75, 3.05) is 36.5 Å². The lowest BCUT2D eigenvalue weighted by Gasteiger charge is -2.29. The van der Waals surface area contributed by atoms with Crippen molar-refractivity contribution in [1.29, 1.82) is 0 Å². The molecule has 0 aliphatic carbocycles. The maximum atomic E-state index is 12.6. The summed E-state index contributed by atoms with van der Waals surface area (Å²) in [6.07, 6.45) is 1.92. The van der Waals surface area contributed by atoms with Crippen LogP contribution in [-0.2, 0) is 11.3 Å². The molecule has 2 aromatic carbocycles. The van der Waals surface area contributed by atoms with Gasteiger partial charge in [0.05, 0.1) is 18.9 Å². The molecule has 4 heterocycles. The van der Waals surface area contributed by atoms with Crippen LogP contribution in [0.3, 0.4) is 0 Å². The average Bonchev–Trinajstić information content (AvgIpc) is 2.91. The fourth-order valence-corrected chi connectivity index (χ4v) is 6.82. The molecule has 1 saturated heterocycles. The smallest absolute Gasteiger partial charge is 0.250 e. The second-order valence-corrected chi connectivity index (χ2v) is 11.0. The van der Waals surface area contributed by atoms with Gasteiger partial charge in [-0.2, -0.15) is 0 Å².